The second-order valence-electron chi connectivity index (χ2n) is 4.65. The minimum Gasteiger partial charge on any atom is -0.496 e. The molecule has 6 heteroatoms. The number of benzene rings is 1. The van der Waals surface area contributed by atoms with Gasteiger partial charge in [-0.1, -0.05) is 6.92 Å². The summed E-state index contributed by atoms with van der Waals surface area (Å²) in [4.78, 5) is 24.1. The number of aliphatic carboxylic acids is 1. The fourth-order valence-corrected chi connectivity index (χ4v) is 1.77. The molecule has 0 radical (unpaired) electrons. The van der Waals surface area contributed by atoms with Gasteiger partial charge >= 0.3 is 5.97 Å². The van der Waals surface area contributed by atoms with Crippen LogP contribution >= 0.6 is 0 Å². The highest BCUT2D eigenvalue weighted by Gasteiger charge is 2.18. The lowest BCUT2D eigenvalue weighted by molar-refractivity contribution is -0.142. The summed E-state index contributed by atoms with van der Waals surface area (Å²) in [5.74, 6) is -1.93. The molecular weight excluding hydrogens is 265 g/mol. The molecule has 5 nitrogen and oxygen atoms in total. The molecule has 1 amide bonds. The van der Waals surface area contributed by atoms with Crippen LogP contribution in [0.4, 0.5) is 4.39 Å². The van der Waals surface area contributed by atoms with E-state index >= 15 is 0 Å². The molecule has 0 bridgehead atoms. The van der Waals surface area contributed by atoms with E-state index in [1.807, 2.05) is 0 Å². The van der Waals surface area contributed by atoms with Crippen LogP contribution in [0.1, 0.15) is 12.5 Å². The number of hydrogen-bond donors (Lipinski definition) is 1. The van der Waals surface area contributed by atoms with E-state index < -0.39 is 17.7 Å². The number of carbonyl (C=O) groups excluding carboxylic acids is 1. The minimum absolute atomic E-state index is 0.0379. The van der Waals surface area contributed by atoms with Crippen molar-refractivity contribution in [1.82, 2.24) is 4.90 Å². The standard InChI is InChI=1S/C14H18FNO4/c1-9(14(18)19)8-16(2)13(17)7-10-6-11(15)4-5-12(10)20-3/h4-6,9H,7-8H2,1-3H3,(H,18,19). The number of carbonyl (C=O) groups is 2. The van der Waals surface area contributed by atoms with Crippen molar-refractivity contribution in [3.8, 4) is 5.75 Å². The van der Waals surface area contributed by atoms with Gasteiger partial charge in [-0.2, -0.15) is 0 Å². The molecule has 0 heterocycles. The van der Waals surface area contributed by atoms with Crippen molar-refractivity contribution in [3.05, 3.63) is 29.6 Å². The summed E-state index contributed by atoms with van der Waals surface area (Å²) in [6.45, 7) is 1.63. The normalized spacial score (nSPS) is 11.8. The number of ether oxygens (including phenoxy) is 1. The third-order valence-corrected chi connectivity index (χ3v) is 2.98. The topological polar surface area (TPSA) is 66.8 Å². The van der Waals surface area contributed by atoms with E-state index in [4.69, 9.17) is 9.84 Å². The SMILES string of the molecule is COc1ccc(F)cc1CC(=O)N(C)CC(C)C(=O)O. The number of carboxylic acids is 1. The fourth-order valence-electron chi connectivity index (χ4n) is 1.77. The molecule has 110 valence electrons. The molecule has 0 aliphatic rings. The first-order valence-electron chi connectivity index (χ1n) is 6.14. The van der Waals surface area contributed by atoms with Crippen molar-refractivity contribution in [2.45, 2.75) is 13.3 Å². The van der Waals surface area contributed by atoms with E-state index in [1.54, 1.807) is 0 Å². The zero-order chi connectivity index (χ0) is 15.3. The first-order valence-corrected chi connectivity index (χ1v) is 6.14. The van der Waals surface area contributed by atoms with Crippen molar-refractivity contribution in [1.29, 1.82) is 0 Å². The number of methoxy groups -OCH3 is 1. The van der Waals surface area contributed by atoms with Crippen LogP contribution < -0.4 is 4.74 Å². The van der Waals surface area contributed by atoms with Crippen LogP contribution in [0.5, 0.6) is 5.75 Å². The maximum absolute atomic E-state index is 13.2. The van der Waals surface area contributed by atoms with Crippen LogP contribution in [0.15, 0.2) is 18.2 Å². The lowest BCUT2D eigenvalue weighted by Gasteiger charge is -2.20. The van der Waals surface area contributed by atoms with Gasteiger partial charge in [-0.3, -0.25) is 9.59 Å². The maximum atomic E-state index is 13.2. The lowest BCUT2D eigenvalue weighted by atomic mass is 10.1. The minimum atomic E-state index is -0.965. The van der Waals surface area contributed by atoms with Gasteiger partial charge < -0.3 is 14.7 Å². The van der Waals surface area contributed by atoms with Crippen molar-refractivity contribution in [2.75, 3.05) is 20.7 Å². The molecule has 1 N–H and O–H groups in total. The smallest absolute Gasteiger partial charge is 0.308 e. The van der Waals surface area contributed by atoms with E-state index in [9.17, 15) is 14.0 Å². The molecule has 0 fully saturated rings. The van der Waals surface area contributed by atoms with Crippen LogP contribution in [0, 0.1) is 11.7 Å². The van der Waals surface area contributed by atoms with Crippen molar-refractivity contribution in [2.24, 2.45) is 5.92 Å². The zero-order valence-electron chi connectivity index (χ0n) is 11.7. The molecule has 1 unspecified atom stereocenters. The molecule has 0 saturated heterocycles. The quantitative estimate of drug-likeness (QED) is 0.860. The summed E-state index contributed by atoms with van der Waals surface area (Å²) < 4.78 is 18.3. The van der Waals surface area contributed by atoms with Crippen molar-refractivity contribution in [3.63, 3.8) is 0 Å². The summed E-state index contributed by atoms with van der Waals surface area (Å²) in [5.41, 5.74) is 0.437. The Morgan fingerprint density at radius 1 is 1.45 bits per heavy atom. The van der Waals surface area contributed by atoms with Gasteiger partial charge in [0.2, 0.25) is 5.91 Å². The molecule has 0 spiro atoms. The van der Waals surface area contributed by atoms with Crippen LogP contribution in [0.25, 0.3) is 0 Å². The van der Waals surface area contributed by atoms with Crippen molar-refractivity contribution >= 4 is 11.9 Å². The number of halogens is 1. The van der Waals surface area contributed by atoms with Crippen LogP contribution in [-0.2, 0) is 16.0 Å². The van der Waals surface area contributed by atoms with Crippen LogP contribution in [-0.4, -0.2) is 42.6 Å². The van der Waals surface area contributed by atoms with E-state index in [0.717, 1.165) is 0 Å². The average Bonchev–Trinajstić information content (AvgIpc) is 2.38. The maximum Gasteiger partial charge on any atom is 0.308 e. The Morgan fingerprint density at radius 2 is 2.10 bits per heavy atom. The predicted octanol–water partition coefficient (Wildman–Crippen LogP) is 1.56. The largest absolute Gasteiger partial charge is 0.496 e. The molecule has 1 aromatic rings. The molecule has 1 rings (SSSR count). The summed E-state index contributed by atoms with van der Waals surface area (Å²) in [7, 11) is 2.96. The second kappa shape index (κ2) is 6.88. The van der Waals surface area contributed by atoms with E-state index in [-0.39, 0.29) is 18.9 Å². The number of nitrogens with zero attached hydrogens (tertiary/aromatic N) is 1. The molecule has 20 heavy (non-hydrogen) atoms. The monoisotopic (exact) mass is 283 g/mol. The molecule has 0 aliphatic carbocycles. The number of rotatable bonds is 6. The van der Waals surface area contributed by atoms with Crippen LogP contribution in [0.2, 0.25) is 0 Å². The summed E-state index contributed by atoms with van der Waals surface area (Å²) >= 11 is 0. The number of hydrogen-bond acceptors (Lipinski definition) is 3. The van der Waals surface area contributed by atoms with E-state index in [1.165, 1.54) is 44.2 Å². The summed E-state index contributed by atoms with van der Waals surface area (Å²) in [6, 6.07) is 3.95. The molecule has 0 saturated carbocycles. The first kappa shape index (κ1) is 15.9. The number of carboxylic acid groups (broad SMARTS) is 1. The molecule has 0 aliphatic heterocycles. The Labute approximate surface area is 117 Å². The van der Waals surface area contributed by atoms with Crippen LogP contribution in [0.3, 0.4) is 0 Å². The van der Waals surface area contributed by atoms with Crippen molar-refractivity contribution < 1.29 is 23.8 Å². The lowest BCUT2D eigenvalue weighted by Crippen LogP contribution is -2.34. The Balaban J connectivity index is 2.75. The number of amides is 1. The summed E-state index contributed by atoms with van der Waals surface area (Å²) in [6.07, 6.45) is -0.0379. The van der Waals surface area contributed by atoms with Gasteiger partial charge in [0.15, 0.2) is 0 Å². The Bertz CT molecular complexity index is 504. The number of likely N-dealkylation sites (N-methyl/N-ethyl adjacent to an activating group) is 1. The van der Waals surface area contributed by atoms with Gasteiger partial charge in [0.25, 0.3) is 0 Å². The third kappa shape index (κ3) is 4.22. The predicted molar refractivity (Wildman–Crippen MR) is 71.1 cm³/mol. The average molecular weight is 283 g/mol. The van der Waals surface area contributed by atoms with Gasteiger partial charge in [0.05, 0.1) is 19.4 Å². The molecule has 1 aromatic carbocycles. The molecule has 1 atom stereocenters. The Hall–Kier alpha value is -2.11. The van der Waals surface area contributed by atoms with Gasteiger partial charge in [-0.05, 0) is 18.2 Å². The van der Waals surface area contributed by atoms with Gasteiger partial charge in [0.1, 0.15) is 11.6 Å². The van der Waals surface area contributed by atoms with Gasteiger partial charge in [-0.15, -0.1) is 0 Å². The molecule has 0 aromatic heterocycles. The second-order valence-corrected chi connectivity index (χ2v) is 4.65. The highest BCUT2D eigenvalue weighted by Crippen LogP contribution is 2.20. The highest BCUT2D eigenvalue weighted by molar-refractivity contribution is 5.80. The third-order valence-electron chi connectivity index (χ3n) is 2.98. The van der Waals surface area contributed by atoms with Gasteiger partial charge in [0, 0.05) is 19.2 Å². The van der Waals surface area contributed by atoms with Gasteiger partial charge in [-0.25, -0.2) is 4.39 Å². The van der Waals surface area contributed by atoms with E-state index in [2.05, 4.69) is 0 Å². The first-order chi connectivity index (χ1) is 9.35. The van der Waals surface area contributed by atoms with E-state index in [0.29, 0.717) is 11.3 Å². The summed E-state index contributed by atoms with van der Waals surface area (Å²) in [5, 5.41) is 8.81. The Kier molecular flexibility index (Phi) is 5.49. The molecular formula is C14H18FNO4. The zero-order valence-corrected chi connectivity index (χ0v) is 11.7. The fraction of sp³-hybridized carbons (Fsp3) is 0.429. The highest BCUT2D eigenvalue weighted by atomic mass is 19.1. The Morgan fingerprint density at radius 3 is 2.65 bits per heavy atom.